The zero-order valence-electron chi connectivity index (χ0n) is 9.71. The topological polar surface area (TPSA) is 39.2 Å². The summed E-state index contributed by atoms with van der Waals surface area (Å²) in [6.45, 7) is 1.96. The average Bonchev–Trinajstić information content (AvgIpc) is 2.81. The van der Waals surface area contributed by atoms with Gasteiger partial charge >= 0.3 is 0 Å². The maximum atomic E-state index is 13.9. The molecule has 0 spiro atoms. The number of hydrogen-bond acceptors (Lipinski definition) is 2. The minimum absolute atomic E-state index is 0.360. The molecule has 18 heavy (non-hydrogen) atoms. The summed E-state index contributed by atoms with van der Waals surface area (Å²) in [5.74, 6) is 0.378. The highest BCUT2D eigenvalue weighted by atomic mass is 79.9. The lowest BCUT2D eigenvalue weighted by Crippen LogP contribution is -2.14. The molecule has 0 bridgehead atoms. The Morgan fingerprint density at radius 3 is 2.83 bits per heavy atom. The number of rotatable bonds is 3. The second-order valence-electron chi connectivity index (χ2n) is 3.92. The Balaban J connectivity index is 2.46. The molecule has 5 heteroatoms. The van der Waals surface area contributed by atoms with Crippen LogP contribution in [0, 0.1) is 5.82 Å². The van der Waals surface area contributed by atoms with Crippen molar-refractivity contribution in [3.05, 3.63) is 56.7 Å². The van der Waals surface area contributed by atoms with Crippen molar-refractivity contribution in [3.8, 4) is 0 Å². The molecule has 2 aromatic rings. The summed E-state index contributed by atoms with van der Waals surface area (Å²) in [4.78, 5) is 0. The Kier molecular flexibility index (Phi) is 4.10. The molecule has 0 radical (unpaired) electrons. The van der Waals surface area contributed by atoms with Gasteiger partial charge in [-0.25, -0.2) is 4.39 Å². The predicted molar refractivity (Wildman–Crippen MR) is 73.2 cm³/mol. The van der Waals surface area contributed by atoms with Gasteiger partial charge in [0.15, 0.2) is 0 Å². The zero-order chi connectivity index (χ0) is 13.3. The summed E-state index contributed by atoms with van der Waals surface area (Å²) < 4.78 is 19.7. The second-order valence-corrected chi connectivity index (χ2v) is 5.18. The third kappa shape index (κ3) is 2.46. The number of aryl methyl sites for hydroxylation is 1. The molecule has 0 amide bonds. The van der Waals surface area contributed by atoms with Crippen molar-refractivity contribution in [2.75, 3.05) is 0 Å². The Morgan fingerprint density at radius 1 is 1.44 bits per heavy atom. The Hall–Kier alpha value is -0.840. The van der Waals surface area contributed by atoms with Crippen LogP contribution < -0.4 is 5.73 Å². The van der Waals surface area contributed by atoms with E-state index in [1.165, 1.54) is 12.1 Å². The van der Waals surface area contributed by atoms with Crippen molar-refractivity contribution in [1.82, 2.24) is 0 Å². The molecule has 0 saturated heterocycles. The van der Waals surface area contributed by atoms with Crippen LogP contribution in [0.4, 0.5) is 4.39 Å². The molecular formula is C13H12BrClFNO. The first kappa shape index (κ1) is 13.6. The van der Waals surface area contributed by atoms with E-state index < -0.39 is 6.04 Å². The van der Waals surface area contributed by atoms with E-state index in [1.807, 2.05) is 6.92 Å². The van der Waals surface area contributed by atoms with Crippen LogP contribution in [0.3, 0.4) is 0 Å². The fraction of sp³-hybridized carbons (Fsp3) is 0.231. The number of hydrogen-bond donors (Lipinski definition) is 1. The van der Waals surface area contributed by atoms with E-state index in [0.29, 0.717) is 21.5 Å². The van der Waals surface area contributed by atoms with Crippen LogP contribution in [-0.2, 0) is 6.42 Å². The quantitative estimate of drug-likeness (QED) is 0.844. The molecule has 0 saturated carbocycles. The van der Waals surface area contributed by atoms with Crippen LogP contribution in [0.25, 0.3) is 0 Å². The summed E-state index contributed by atoms with van der Waals surface area (Å²) in [6.07, 6.45) is 2.27. The van der Waals surface area contributed by atoms with E-state index >= 15 is 0 Å². The molecule has 1 heterocycles. The van der Waals surface area contributed by atoms with E-state index in [9.17, 15) is 4.39 Å². The van der Waals surface area contributed by atoms with E-state index in [-0.39, 0.29) is 5.82 Å². The van der Waals surface area contributed by atoms with Gasteiger partial charge < -0.3 is 10.2 Å². The van der Waals surface area contributed by atoms with Crippen molar-refractivity contribution < 1.29 is 8.81 Å². The largest absolute Gasteiger partial charge is 0.469 e. The van der Waals surface area contributed by atoms with Gasteiger partial charge in [-0.05, 0) is 34.1 Å². The van der Waals surface area contributed by atoms with Gasteiger partial charge in [-0.2, -0.15) is 0 Å². The summed E-state index contributed by atoms with van der Waals surface area (Å²) in [6, 6.07) is 4.05. The van der Waals surface area contributed by atoms with Crippen LogP contribution in [0.5, 0.6) is 0 Å². The molecule has 96 valence electrons. The average molecular weight is 333 g/mol. The third-order valence-corrected chi connectivity index (χ3v) is 4.01. The monoisotopic (exact) mass is 331 g/mol. The van der Waals surface area contributed by atoms with Crippen LogP contribution in [-0.4, -0.2) is 0 Å². The predicted octanol–water partition coefficient (Wildman–Crippen LogP) is 4.45. The van der Waals surface area contributed by atoms with E-state index in [4.69, 9.17) is 21.8 Å². The van der Waals surface area contributed by atoms with Gasteiger partial charge in [0, 0.05) is 22.0 Å². The fourth-order valence-electron chi connectivity index (χ4n) is 1.86. The van der Waals surface area contributed by atoms with E-state index in [2.05, 4.69) is 15.9 Å². The number of benzene rings is 1. The molecule has 0 fully saturated rings. The molecule has 2 N–H and O–H groups in total. The standard InChI is InChI=1S/C13H12BrClFNO/c1-2-12-7(3-4-18-12)13(17)8-5-10(15)9(14)6-11(8)16/h3-6,13H,2,17H2,1H3. The second kappa shape index (κ2) is 5.43. The minimum atomic E-state index is -0.579. The number of furan rings is 1. The zero-order valence-corrected chi connectivity index (χ0v) is 12.1. The highest BCUT2D eigenvalue weighted by molar-refractivity contribution is 9.10. The molecule has 0 aliphatic carbocycles. The van der Waals surface area contributed by atoms with Gasteiger partial charge in [0.25, 0.3) is 0 Å². The maximum absolute atomic E-state index is 13.9. The highest BCUT2D eigenvalue weighted by Crippen LogP contribution is 2.32. The number of nitrogens with two attached hydrogens (primary N) is 1. The van der Waals surface area contributed by atoms with Crippen LogP contribution in [0.1, 0.15) is 29.9 Å². The molecular weight excluding hydrogens is 321 g/mol. The van der Waals surface area contributed by atoms with Gasteiger partial charge in [0.1, 0.15) is 11.6 Å². The van der Waals surface area contributed by atoms with Crippen molar-refractivity contribution >= 4 is 27.5 Å². The van der Waals surface area contributed by atoms with Crippen LogP contribution in [0.2, 0.25) is 5.02 Å². The first-order chi connectivity index (χ1) is 8.54. The molecule has 1 aromatic heterocycles. The minimum Gasteiger partial charge on any atom is -0.469 e. The Labute approximate surface area is 118 Å². The molecule has 1 atom stereocenters. The maximum Gasteiger partial charge on any atom is 0.129 e. The molecule has 2 nitrogen and oxygen atoms in total. The molecule has 1 unspecified atom stereocenters. The summed E-state index contributed by atoms with van der Waals surface area (Å²) in [5.41, 5.74) is 7.23. The van der Waals surface area contributed by atoms with Crippen LogP contribution >= 0.6 is 27.5 Å². The molecule has 0 aliphatic rings. The van der Waals surface area contributed by atoms with Crippen molar-refractivity contribution in [2.45, 2.75) is 19.4 Å². The van der Waals surface area contributed by atoms with E-state index in [1.54, 1.807) is 12.3 Å². The lowest BCUT2D eigenvalue weighted by Gasteiger charge is -2.14. The smallest absolute Gasteiger partial charge is 0.129 e. The fourth-order valence-corrected chi connectivity index (χ4v) is 2.35. The van der Waals surface area contributed by atoms with Crippen LogP contribution in [0.15, 0.2) is 33.4 Å². The Morgan fingerprint density at radius 2 is 2.17 bits per heavy atom. The first-order valence-corrected chi connectivity index (χ1v) is 6.68. The normalized spacial score (nSPS) is 12.7. The molecule has 1 aromatic carbocycles. The lowest BCUT2D eigenvalue weighted by molar-refractivity contribution is 0.507. The van der Waals surface area contributed by atoms with Crippen molar-refractivity contribution in [3.63, 3.8) is 0 Å². The molecule has 2 rings (SSSR count). The molecule has 0 aliphatic heterocycles. The third-order valence-electron chi connectivity index (χ3n) is 2.81. The van der Waals surface area contributed by atoms with Crippen molar-refractivity contribution in [2.24, 2.45) is 5.73 Å². The van der Waals surface area contributed by atoms with Crippen molar-refractivity contribution in [1.29, 1.82) is 0 Å². The van der Waals surface area contributed by atoms with Gasteiger partial charge in [0.05, 0.1) is 17.3 Å². The van der Waals surface area contributed by atoms with Gasteiger partial charge in [-0.3, -0.25) is 0 Å². The Bertz CT molecular complexity index is 570. The SMILES string of the molecule is CCc1occc1C(N)c1cc(Cl)c(Br)cc1F. The summed E-state index contributed by atoms with van der Waals surface area (Å²) >= 11 is 9.15. The number of halogens is 3. The summed E-state index contributed by atoms with van der Waals surface area (Å²) in [5, 5.41) is 0.434. The first-order valence-electron chi connectivity index (χ1n) is 5.50. The van der Waals surface area contributed by atoms with Gasteiger partial charge in [0.2, 0.25) is 0 Å². The highest BCUT2D eigenvalue weighted by Gasteiger charge is 2.19. The van der Waals surface area contributed by atoms with Gasteiger partial charge in [-0.1, -0.05) is 18.5 Å². The van der Waals surface area contributed by atoms with Gasteiger partial charge in [-0.15, -0.1) is 0 Å². The summed E-state index contributed by atoms with van der Waals surface area (Å²) in [7, 11) is 0. The van der Waals surface area contributed by atoms with E-state index in [0.717, 1.165) is 11.3 Å². The lowest BCUT2D eigenvalue weighted by atomic mass is 9.99.